The van der Waals surface area contributed by atoms with Crippen LogP contribution in [0, 0.1) is 40.9 Å². The third-order valence-corrected chi connectivity index (χ3v) is 10.7. The monoisotopic (exact) mass is 452 g/mol. The van der Waals surface area contributed by atoms with Gasteiger partial charge in [0.15, 0.2) is 0 Å². The van der Waals surface area contributed by atoms with Crippen molar-refractivity contribution in [2.75, 3.05) is 6.61 Å². The Morgan fingerprint density at radius 1 is 1.03 bits per heavy atom. The first kappa shape index (κ1) is 21.6. The van der Waals surface area contributed by atoms with E-state index in [4.69, 9.17) is 14.2 Å². The quantitative estimate of drug-likeness (QED) is 0.424. The number of rotatable bonds is 1. The van der Waals surface area contributed by atoms with Gasteiger partial charge in [0.25, 0.3) is 0 Å². The zero-order valence-corrected chi connectivity index (χ0v) is 20.0. The first-order valence-corrected chi connectivity index (χ1v) is 12.8. The highest BCUT2D eigenvalue weighted by atomic mass is 16.6. The van der Waals surface area contributed by atoms with Gasteiger partial charge in [0.1, 0.15) is 17.8 Å². The van der Waals surface area contributed by atoms with Gasteiger partial charge in [-0.1, -0.05) is 32.6 Å². The van der Waals surface area contributed by atoms with Crippen LogP contribution in [0.15, 0.2) is 36.0 Å². The van der Waals surface area contributed by atoms with Crippen molar-refractivity contribution in [1.29, 1.82) is 0 Å². The molecule has 2 bridgehead atoms. The van der Waals surface area contributed by atoms with E-state index in [1.54, 1.807) is 6.08 Å². The number of hydrogen-bond donors (Lipinski definition) is 0. The Hall–Kier alpha value is -1.88. The smallest absolute Gasteiger partial charge is 0.336 e. The summed E-state index contributed by atoms with van der Waals surface area (Å²) in [6.07, 6.45) is 11.8. The van der Waals surface area contributed by atoms with Crippen LogP contribution in [0.5, 0.6) is 0 Å². The average Bonchev–Trinajstić information content (AvgIpc) is 2.99. The van der Waals surface area contributed by atoms with E-state index in [0.29, 0.717) is 41.8 Å². The molecule has 0 aromatic rings. The third kappa shape index (κ3) is 3.07. The molecule has 5 nitrogen and oxygen atoms in total. The molecule has 2 saturated heterocycles. The summed E-state index contributed by atoms with van der Waals surface area (Å²) in [5.41, 5.74) is 1.38. The molecule has 0 N–H and O–H groups in total. The highest BCUT2D eigenvalue weighted by Crippen LogP contribution is 2.65. The predicted octanol–water partition coefficient (Wildman–Crippen LogP) is 4.77. The summed E-state index contributed by atoms with van der Waals surface area (Å²) < 4.78 is 18.1. The van der Waals surface area contributed by atoms with Crippen molar-refractivity contribution >= 4 is 11.9 Å². The Labute approximate surface area is 196 Å². The van der Waals surface area contributed by atoms with Crippen LogP contribution < -0.4 is 0 Å². The second-order valence-corrected chi connectivity index (χ2v) is 12.0. The molecule has 6 aliphatic rings. The van der Waals surface area contributed by atoms with Gasteiger partial charge in [0, 0.05) is 18.4 Å². The lowest BCUT2D eigenvalue weighted by molar-refractivity contribution is -0.200. The van der Waals surface area contributed by atoms with Gasteiger partial charge in [0.05, 0.1) is 12.2 Å². The lowest BCUT2D eigenvalue weighted by Gasteiger charge is -2.56. The average molecular weight is 453 g/mol. The van der Waals surface area contributed by atoms with Crippen molar-refractivity contribution in [2.45, 2.75) is 77.1 Å². The third-order valence-electron chi connectivity index (χ3n) is 10.7. The predicted molar refractivity (Wildman–Crippen MR) is 123 cm³/mol. The fourth-order valence-corrected chi connectivity index (χ4v) is 8.86. The number of hydrogen-bond acceptors (Lipinski definition) is 5. The van der Waals surface area contributed by atoms with Crippen LogP contribution in [0.4, 0.5) is 0 Å². The summed E-state index contributed by atoms with van der Waals surface area (Å²) in [6, 6.07) is 0. The van der Waals surface area contributed by atoms with Gasteiger partial charge in [-0.3, -0.25) is 0 Å². The molecule has 3 aliphatic heterocycles. The Morgan fingerprint density at radius 2 is 1.79 bits per heavy atom. The lowest BCUT2D eigenvalue weighted by atomic mass is 9.50. The van der Waals surface area contributed by atoms with Crippen LogP contribution in [0.2, 0.25) is 0 Å². The van der Waals surface area contributed by atoms with Crippen molar-refractivity contribution in [3.05, 3.63) is 36.0 Å². The summed E-state index contributed by atoms with van der Waals surface area (Å²) in [5.74, 6) is 2.51. The zero-order chi connectivity index (χ0) is 23.1. The SMILES string of the molecule is C=C1C(=O)O[C@@H]2C[C@@]1(C)OC[C@H]2[C@H]1CC[C@H]2[C@@H]3CC4OC(=O)C=CC=C4[C@@H](C)[C@H]3CC[C@]12C. The molecule has 178 valence electrons. The molecule has 0 spiro atoms. The maximum Gasteiger partial charge on any atom is 0.336 e. The van der Waals surface area contributed by atoms with E-state index in [0.717, 1.165) is 19.3 Å². The Bertz CT molecular complexity index is 963. The second-order valence-electron chi connectivity index (χ2n) is 12.0. The summed E-state index contributed by atoms with van der Waals surface area (Å²) in [6.45, 7) is 11.4. The summed E-state index contributed by atoms with van der Waals surface area (Å²) >= 11 is 0. The molecule has 5 fully saturated rings. The van der Waals surface area contributed by atoms with Gasteiger partial charge >= 0.3 is 11.9 Å². The fraction of sp³-hybridized carbons (Fsp3) is 0.714. The summed E-state index contributed by atoms with van der Waals surface area (Å²) in [7, 11) is 0. The first-order chi connectivity index (χ1) is 15.7. The second kappa shape index (κ2) is 7.31. The van der Waals surface area contributed by atoms with Gasteiger partial charge in [-0.25, -0.2) is 9.59 Å². The molecule has 10 atom stereocenters. The number of allylic oxidation sites excluding steroid dienone is 2. The number of esters is 2. The summed E-state index contributed by atoms with van der Waals surface area (Å²) in [5, 5.41) is 0. The van der Waals surface area contributed by atoms with Crippen molar-refractivity contribution in [3.8, 4) is 0 Å². The van der Waals surface area contributed by atoms with Crippen LogP contribution >= 0.6 is 0 Å². The van der Waals surface area contributed by atoms with Gasteiger partial charge in [0.2, 0.25) is 0 Å². The van der Waals surface area contributed by atoms with Crippen molar-refractivity contribution < 1.29 is 23.8 Å². The molecule has 1 unspecified atom stereocenters. The standard InChI is InChI=1S/C28H36O5/c1-15-17-10-11-27(3)21(19(17)12-23-18(15)6-5-7-25(29)32-23)8-9-22(27)20-14-31-28(4)13-24(20)33-26(30)16(28)2/h5-7,15,17,19-24H,2,8-14H2,1,3-4H3/t15-,17+,19+,20-,21-,22+,23?,24+,27-,28+/m0/s1. The van der Waals surface area contributed by atoms with Crippen LogP contribution in [0.25, 0.3) is 0 Å². The maximum atomic E-state index is 12.5. The van der Waals surface area contributed by atoms with Crippen LogP contribution in [-0.4, -0.2) is 36.4 Å². The largest absolute Gasteiger partial charge is 0.458 e. The summed E-state index contributed by atoms with van der Waals surface area (Å²) in [4.78, 5) is 24.6. The highest BCUT2D eigenvalue weighted by molar-refractivity contribution is 5.91. The van der Waals surface area contributed by atoms with Crippen LogP contribution in [-0.2, 0) is 23.8 Å². The lowest BCUT2D eigenvalue weighted by Crippen LogP contribution is -2.57. The molecular weight excluding hydrogens is 416 g/mol. The van der Waals surface area contributed by atoms with Crippen LogP contribution in [0.1, 0.15) is 59.3 Å². The first-order valence-electron chi connectivity index (χ1n) is 12.8. The maximum absolute atomic E-state index is 12.5. The minimum atomic E-state index is -0.577. The molecule has 3 heterocycles. The van der Waals surface area contributed by atoms with Gasteiger partial charge < -0.3 is 14.2 Å². The van der Waals surface area contributed by atoms with Crippen molar-refractivity contribution in [2.24, 2.45) is 40.9 Å². The van der Waals surface area contributed by atoms with Gasteiger partial charge in [-0.15, -0.1) is 0 Å². The molecule has 0 amide bonds. The number of carbonyl (C=O) groups is 2. The molecule has 3 saturated carbocycles. The van der Waals surface area contributed by atoms with Crippen LogP contribution in [0.3, 0.4) is 0 Å². The van der Waals surface area contributed by atoms with E-state index in [9.17, 15) is 9.59 Å². The molecule has 0 radical (unpaired) electrons. The van der Waals surface area contributed by atoms with E-state index >= 15 is 0 Å². The van der Waals surface area contributed by atoms with E-state index in [1.165, 1.54) is 24.8 Å². The highest BCUT2D eigenvalue weighted by Gasteiger charge is 2.61. The molecule has 33 heavy (non-hydrogen) atoms. The Kier molecular flexibility index (Phi) is 4.79. The van der Waals surface area contributed by atoms with E-state index < -0.39 is 5.60 Å². The number of ether oxygens (including phenoxy) is 3. The number of fused-ring (bicyclic) bond motifs is 6. The minimum Gasteiger partial charge on any atom is -0.458 e. The fourth-order valence-electron chi connectivity index (χ4n) is 8.86. The van der Waals surface area contributed by atoms with E-state index in [1.807, 2.05) is 13.0 Å². The Morgan fingerprint density at radius 3 is 2.58 bits per heavy atom. The molecule has 5 heteroatoms. The molecule has 6 rings (SSSR count). The van der Waals surface area contributed by atoms with Gasteiger partial charge in [-0.2, -0.15) is 0 Å². The molecule has 0 aromatic heterocycles. The topological polar surface area (TPSA) is 61.8 Å². The normalized spacial score (nSPS) is 50.9. The van der Waals surface area contributed by atoms with Gasteiger partial charge in [-0.05, 0) is 79.6 Å². The Balaban J connectivity index is 1.26. The van der Waals surface area contributed by atoms with E-state index in [2.05, 4.69) is 26.5 Å². The molecule has 3 aliphatic carbocycles. The van der Waals surface area contributed by atoms with Crippen molar-refractivity contribution in [1.82, 2.24) is 0 Å². The minimum absolute atomic E-state index is 0.0752. The molecular formula is C28H36O5. The molecule has 0 aromatic carbocycles. The zero-order valence-electron chi connectivity index (χ0n) is 20.0. The van der Waals surface area contributed by atoms with Crippen molar-refractivity contribution in [3.63, 3.8) is 0 Å². The van der Waals surface area contributed by atoms with E-state index in [-0.39, 0.29) is 35.5 Å². The number of carbonyl (C=O) groups excluding carboxylic acids is 2.